The molecule has 4 rings (SSSR count). The maximum absolute atomic E-state index is 12.9. The number of carbonyl (C=O) groups is 3. The van der Waals surface area contributed by atoms with Crippen LogP contribution in [0.2, 0.25) is 0 Å². The average molecular weight is 490 g/mol. The minimum Gasteiger partial charge on any atom is -0.481 e. The molecular formula is C29H31NO6. The fourth-order valence-corrected chi connectivity index (χ4v) is 4.92. The summed E-state index contributed by atoms with van der Waals surface area (Å²) in [7, 11) is 0. The molecule has 1 aliphatic carbocycles. The summed E-state index contributed by atoms with van der Waals surface area (Å²) in [5, 5.41) is 21.0. The van der Waals surface area contributed by atoms with E-state index in [9.17, 15) is 19.5 Å². The van der Waals surface area contributed by atoms with Gasteiger partial charge in [-0.1, -0.05) is 56.2 Å². The van der Waals surface area contributed by atoms with E-state index < -0.39 is 23.4 Å². The number of hydrogen-bond donors (Lipinski definition) is 2. The van der Waals surface area contributed by atoms with Crippen LogP contribution in [0.5, 0.6) is 0 Å². The van der Waals surface area contributed by atoms with Crippen molar-refractivity contribution in [2.24, 2.45) is 5.41 Å². The Labute approximate surface area is 210 Å². The molecule has 0 unspecified atom stereocenters. The lowest BCUT2D eigenvalue weighted by Gasteiger charge is -2.31. The zero-order valence-corrected chi connectivity index (χ0v) is 20.4. The van der Waals surface area contributed by atoms with E-state index >= 15 is 0 Å². The van der Waals surface area contributed by atoms with Crippen molar-refractivity contribution in [3.8, 4) is 11.1 Å². The number of fused-ring (bicyclic) bond motifs is 1. The molecule has 2 N–H and O–H groups in total. The lowest BCUT2D eigenvalue weighted by atomic mass is 9.85. The van der Waals surface area contributed by atoms with Gasteiger partial charge in [-0.2, -0.15) is 0 Å². The number of benzene rings is 3. The zero-order chi connectivity index (χ0) is 25.7. The van der Waals surface area contributed by atoms with Crippen molar-refractivity contribution >= 4 is 28.8 Å². The molecule has 0 saturated heterocycles. The Bertz CT molecular complexity index is 1260. The van der Waals surface area contributed by atoms with E-state index in [1.54, 1.807) is 24.3 Å². The highest BCUT2D eigenvalue weighted by Crippen LogP contribution is 2.39. The monoisotopic (exact) mass is 489 g/mol. The van der Waals surface area contributed by atoms with E-state index in [1.165, 1.54) is 4.90 Å². The van der Waals surface area contributed by atoms with Gasteiger partial charge in [-0.25, -0.2) is 9.59 Å². The van der Waals surface area contributed by atoms with E-state index in [1.807, 2.05) is 43.3 Å². The number of hydrogen-bond acceptors (Lipinski definition) is 4. The maximum Gasteiger partial charge on any atom is 0.410 e. The van der Waals surface area contributed by atoms with Crippen LogP contribution in [-0.4, -0.2) is 46.3 Å². The first kappa shape index (κ1) is 25.2. The van der Waals surface area contributed by atoms with Crippen LogP contribution in [0.3, 0.4) is 0 Å². The number of carboxylic acid groups (broad SMARTS) is 2. The Morgan fingerprint density at radius 3 is 2.17 bits per heavy atom. The van der Waals surface area contributed by atoms with Crippen LogP contribution < -0.4 is 0 Å². The van der Waals surface area contributed by atoms with Crippen molar-refractivity contribution in [2.75, 3.05) is 13.2 Å². The van der Waals surface area contributed by atoms with Gasteiger partial charge in [-0.05, 0) is 71.0 Å². The molecule has 3 aromatic carbocycles. The standard InChI is InChI=1S/C29H31NO6/c1-2-15-36-28(35)30(19-29(27(33)34)13-3-4-14-29)18-20-5-6-25-17-24(12-11-23(25)16-20)21-7-9-22(10-8-21)26(31)32/h5-12,16-17H,2-4,13-15,18-19H2,1H3,(H,31,32)(H,33,34). The Balaban J connectivity index is 1.57. The fourth-order valence-electron chi connectivity index (χ4n) is 4.92. The lowest BCUT2D eigenvalue weighted by molar-refractivity contribution is -0.149. The van der Waals surface area contributed by atoms with Crippen molar-refractivity contribution in [3.05, 3.63) is 71.8 Å². The number of amides is 1. The highest BCUT2D eigenvalue weighted by Gasteiger charge is 2.43. The summed E-state index contributed by atoms with van der Waals surface area (Å²) in [6.45, 7) is 2.62. The zero-order valence-electron chi connectivity index (χ0n) is 20.4. The number of aromatic carboxylic acids is 1. The second-order valence-electron chi connectivity index (χ2n) is 9.54. The number of rotatable bonds is 9. The van der Waals surface area contributed by atoms with Gasteiger partial charge in [0.2, 0.25) is 0 Å². The normalized spacial score (nSPS) is 14.5. The SMILES string of the molecule is CCCOC(=O)N(Cc1ccc2cc(-c3ccc(C(=O)O)cc3)ccc2c1)CC1(C(=O)O)CCCC1. The van der Waals surface area contributed by atoms with Gasteiger partial charge in [-0.15, -0.1) is 0 Å². The van der Waals surface area contributed by atoms with Crippen LogP contribution in [0.1, 0.15) is 54.9 Å². The molecule has 3 aromatic rings. The summed E-state index contributed by atoms with van der Waals surface area (Å²) < 4.78 is 5.39. The molecule has 7 heteroatoms. The second kappa shape index (κ2) is 10.8. The van der Waals surface area contributed by atoms with E-state index in [0.29, 0.717) is 25.9 Å². The Morgan fingerprint density at radius 1 is 0.889 bits per heavy atom. The lowest BCUT2D eigenvalue weighted by Crippen LogP contribution is -2.44. The third kappa shape index (κ3) is 5.51. The molecule has 0 aromatic heterocycles. The van der Waals surface area contributed by atoms with Gasteiger partial charge in [0.15, 0.2) is 0 Å². The molecule has 1 saturated carbocycles. The second-order valence-corrected chi connectivity index (χ2v) is 9.54. The minimum absolute atomic E-state index is 0.133. The first-order chi connectivity index (χ1) is 17.3. The van der Waals surface area contributed by atoms with Crippen LogP contribution in [0.4, 0.5) is 4.79 Å². The summed E-state index contributed by atoms with van der Waals surface area (Å²) in [4.78, 5) is 37.6. The number of carbonyl (C=O) groups excluding carboxylic acids is 1. The van der Waals surface area contributed by atoms with Crippen molar-refractivity contribution < 1.29 is 29.3 Å². The van der Waals surface area contributed by atoms with Gasteiger partial charge >= 0.3 is 18.0 Å². The summed E-state index contributed by atoms with van der Waals surface area (Å²) in [6, 6.07) is 18.7. The molecule has 0 heterocycles. The Kier molecular flexibility index (Phi) is 7.58. The smallest absolute Gasteiger partial charge is 0.410 e. The first-order valence-electron chi connectivity index (χ1n) is 12.3. The molecule has 36 heavy (non-hydrogen) atoms. The Hall–Kier alpha value is -3.87. The highest BCUT2D eigenvalue weighted by atomic mass is 16.6. The quantitative estimate of drug-likeness (QED) is 0.371. The molecule has 0 spiro atoms. The van der Waals surface area contributed by atoms with Gasteiger partial charge < -0.3 is 19.8 Å². The predicted molar refractivity (Wildman–Crippen MR) is 137 cm³/mol. The molecule has 1 amide bonds. The summed E-state index contributed by atoms with van der Waals surface area (Å²) in [5.41, 5.74) is 2.11. The number of nitrogens with zero attached hydrogens (tertiary/aromatic N) is 1. The number of carboxylic acids is 2. The largest absolute Gasteiger partial charge is 0.481 e. The van der Waals surface area contributed by atoms with E-state index in [-0.39, 0.29) is 18.7 Å². The summed E-state index contributed by atoms with van der Waals surface area (Å²) >= 11 is 0. The van der Waals surface area contributed by atoms with Crippen LogP contribution in [0, 0.1) is 5.41 Å². The molecule has 0 atom stereocenters. The molecule has 7 nitrogen and oxygen atoms in total. The van der Waals surface area contributed by atoms with E-state index in [0.717, 1.165) is 40.3 Å². The van der Waals surface area contributed by atoms with Crippen molar-refractivity contribution in [1.82, 2.24) is 4.90 Å². The maximum atomic E-state index is 12.9. The highest BCUT2D eigenvalue weighted by molar-refractivity contribution is 5.90. The molecule has 1 aliphatic rings. The minimum atomic E-state index is -0.956. The average Bonchev–Trinajstić information content (AvgIpc) is 3.36. The first-order valence-corrected chi connectivity index (χ1v) is 12.3. The van der Waals surface area contributed by atoms with Crippen molar-refractivity contribution in [3.63, 3.8) is 0 Å². The summed E-state index contributed by atoms with van der Waals surface area (Å²) in [6.07, 6.45) is 3.04. The topological polar surface area (TPSA) is 104 Å². The van der Waals surface area contributed by atoms with Gasteiger partial charge in [0.1, 0.15) is 0 Å². The molecule has 0 aliphatic heterocycles. The third-order valence-electron chi connectivity index (χ3n) is 6.94. The van der Waals surface area contributed by atoms with Gasteiger partial charge in [0.25, 0.3) is 0 Å². The molecular weight excluding hydrogens is 458 g/mol. The molecule has 1 fully saturated rings. The van der Waals surface area contributed by atoms with Crippen LogP contribution in [0.15, 0.2) is 60.7 Å². The van der Waals surface area contributed by atoms with E-state index in [4.69, 9.17) is 9.84 Å². The number of aliphatic carboxylic acids is 1. The predicted octanol–water partition coefficient (Wildman–Crippen LogP) is 6.20. The van der Waals surface area contributed by atoms with Gasteiger partial charge in [0, 0.05) is 13.1 Å². The van der Waals surface area contributed by atoms with Crippen molar-refractivity contribution in [1.29, 1.82) is 0 Å². The Morgan fingerprint density at radius 2 is 1.53 bits per heavy atom. The van der Waals surface area contributed by atoms with E-state index in [2.05, 4.69) is 0 Å². The van der Waals surface area contributed by atoms with Crippen LogP contribution in [-0.2, 0) is 16.1 Å². The fraction of sp³-hybridized carbons (Fsp3) is 0.345. The van der Waals surface area contributed by atoms with Gasteiger partial charge in [-0.3, -0.25) is 4.79 Å². The summed E-state index contributed by atoms with van der Waals surface area (Å²) in [5.74, 6) is -1.81. The van der Waals surface area contributed by atoms with Crippen LogP contribution in [0.25, 0.3) is 21.9 Å². The van der Waals surface area contributed by atoms with Gasteiger partial charge in [0.05, 0.1) is 17.6 Å². The van der Waals surface area contributed by atoms with Crippen molar-refractivity contribution in [2.45, 2.75) is 45.6 Å². The molecule has 0 bridgehead atoms. The molecule has 0 radical (unpaired) electrons. The van der Waals surface area contributed by atoms with Crippen LogP contribution >= 0.6 is 0 Å². The molecule has 188 valence electrons. The third-order valence-corrected chi connectivity index (χ3v) is 6.94. The number of ether oxygens (including phenoxy) is 1.